The minimum Gasteiger partial charge on any atom is -0.242 e. The number of hydrogen-bond acceptors (Lipinski definition) is 1. The number of pyridine rings is 1. The molecule has 1 aromatic rings. The Labute approximate surface area is 109 Å². The van der Waals surface area contributed by atoms with Crippen LogP contribution in [0.3, 0.4) is 0 Å². The zero-order chi connectivity index (χ0) is 11.9. The van der Waals surface area contributed by atoms with Gasteiger partial charge in [-0.25, -0.2) is 4.98 Å². The molecule has 8 heteroatoms. The van der Waals surface area contributed by atoms with Crippen LogP contribution in [0.4, 0.5) is 8.78 Å². The molecule has 0 spiro atoms. The lowest BCUT2D eigenvalue weighted by atomic mass is 10.2. The third kappa shape index (κ3) is 2.77. The Hall–Kier alpha value is 0.460. The Morgan fingerprint density at radius 2 is 1.67 bits per heavy atom. The SMILES string of the molecule is FC(F)(c1cnc(Cl)c(Cl)c1)C(Cl)(Cl)Cl. The van der Waals surface area contributed by atoms with Crippen molar-refractivity contribution in [2.24, 2.45) is 0 Å². The molecule has 0 bridgehead atoms. The van der Waals surface area contributed by atoms with Crippen LogP contribution in [0.2, 0.25) is 10.2 Å². The maximum Gasteiger partial charge on any atom is 0.320 e. The fourth-order valence-electron chi connectivity index (χ4n) is 0.757. The molecule has 0 aliphatic carbocycles. The molecule has 1 rings (SSSR count). The summed E-state index contributed by atoms with van der Waals surface area (Å²) < 4.78 is 24.1. The number of halogens is 7. The summed E-state index contributed by atoms with van der Waals surface area (Å²) in [6.45, 7) is 0. The van der Waals surface area contributed by atoms with E-state index >= 15 is 0 Å². The summed E-state index contributed by atoms with van der Waals surface area (Å²) >= 11 is 26.4. The van der Waals surface area contributed by atoms with Gasteiger partial charge in [-0.15, -0.1) is 0 Å². The average molecular weight is 315 g/mol. The van der Waals surface area contributed by atoms with Gasteiger partial charge in [0.05, 0.1) is 5.02 Å². The molecule has 1 aromatic heterocycles. The van der Waals surface area contributed by atoms with Crippen molar-refractivity contribution in [2.75, 3.05) is 0 Å². The van der Waals surface area contributed by atoms with Gasteiger partial charge in [-0.3, -0.25) is 0 Å². The highest BCUT2D eigenvalue weighted by Crippen LogP contribution is 2.49. The van der Waals surface area contributed by atoms with Crippen LogP contribution in [0.1, 0.15) is 5.56 Å². The largest absolute Gasteiger partial charge is 0.320 e. The van der Waals surface area contributed by atoms with E-state index in [2.05, 4.69) is 4.98 Å². The molecule has 0 atom stereocenters. The third-order valence-electron chi connectivity index (χ3n) is 1.51. The van der Waals surface area contributed by atoms with Gasteiger partial charge in [-0.05, 0) is 6.07 Å². The van der Waals surface area contributed by atoms with Crippen LogP contribution >= 0.6 is 58.0 Å². The van der Waals surface area contributed by atoms with Crippen molar-refractivity contribution in [3.8, 4) is 0 Å². The van der Waals surface area contributed by atoms with E-state index in [4.69, 9.17) is 58.0 Å². The first-order valence-corrected chi connectivity index (χ1v) is 5.31. The number of hydrogen-bond donors (Lipinski definition) is 0. The molecule has 0 aromatic carbocycles. The minimum absolute atomic E-state index is 0.0967. The van der Waals surface area contributed by atoms with E-state index in [0.29, 0.717) is 0 Å². The van der Waals surface area contributed by atoms with E-state index < -0.39 is 15.3 Å². The van der Waals surface area contributed by atoms with Crippen molar-refractivity contribution >= 4 is 58.0 Å². The van der Waals surface area contributed by atoms with E-state index in [9.17, 15) is 8.78 Å². The van der Waals surface area contributed by atoms with Crippen molar-refractivity contribution < 1.29 is 8.78 Å². The molecule has 15 heavy (non-hydrogen) atoms. The second-order valence-electron chi connectivity index (χ2n) is 2.57. The molecule has 0 radical (unpaired) electrons. The predicted molar refractivity (Wildman–Crippen MR) is 58.4 cm³/mol. The normalized spacial score (nSPS) is 13.0. The van der Waals surface area contributed by atoms with Gasteiger partial charge in [-0.2, -0.15) is 8.78 Å². The topological polar surface area (TPSA) is 12.9 Å². The van der Waals surface area contributed by atoms with Crippen molar-refractivity contribution in [1.29, 1.82) is 0 Å². The molecule has 0 saturated carbocycles. The minimum atomic E-state index is -3.70. The fourth-order valence-corrected chi connectivity index (χ4v) is 1.35. The number of aromatic nitrogens is 1. The van der Waals surface area contributed by atoms with E-state index in [0.717, 1.165) is 12.3 Å². The monoisotopic (exact) mass is 313 g/mol. The van der Waals surface area contributed by atoms with Crippen LogP contribution in [0.25, 0.3) is 0 Å². The maximum atomic E-state index is 13.4. The van der Waals surface area contributed by atoms with Crippen molar-refractivity contribution in [1.82, 2.24) is 4.98 Å². The second kappa shape index (κ2) is 4.38. The van der Waals surface area contributed by atoms with Gasteiger partial charge in [0.25, 0.3) is 3.79 Å². The highest BCUT2D eigenvalue weighted by molar-refractivity contribution is 6.68. The summed E-state index contributed by atoms with van der Waals surface area (Å²) in [4.78, 5) is 3.44. The molecule has 0 aliphatic heterocycles. The molecule has 0 fully saturated rings. The van der Waals surface area contributed by atoms with Crippen molar-refractivity contribution in [2.45, 2.75) is 9.72 Å². The van der Waals surface area contributed by atoms with Crippen LogP contribution < -0.4 is 0 Å². The Morgan fingerprint density at radius 1 is 1.13 bits per heavy atom. The zero-order valence-corrected chi connectivity index (χ0v) is 10.5. The second-order valence-corrected chi connectivity index (χ2v) is 5.62. The standard InChI is InChI=1S/C7H2Cl5F2N/c8-4-1-3(2-15-5(4)9)6(13,14)7(10,11)12/h1-2H. The summed E-state index contributed by atoms with van der Waals surface area (Å²) in [5.74, 6) is -3.70. The first-order valence-electron chi connectivity index (χ1n) is 3.42. The quantitative estimate of drug-likeness (QED) is 0.533. The van der Waals surface area contributed by atoms with Crippen LogP contribution in [0.15, 0.2) is 12.3 Å². The van der Waals surface area contributed by atoms with Gasteiger partial charge in [-0.1, -0.05) is 58.0 Å². The molecule has 0 saturated heterocycles. The number of nitrogens with zero attached hydrogens (tertiary/aromatic N) is 1. The van der Waals surface area contributed by atoms with E-state index in [1.807, 2.05) is 0 Å². The summed E-state index contributed by atoms with van der Waals surface area (Å²) in [6, 6.07) is 0.902. The molecule has 1 heterocycles. The van der Waals surface area contributed by atoms with E-state index in [-0.39, 0.29) is 10.2 Å². The van der Waals surface area contributed by atoms with E-state index in [1.54, 1.807) is 0 Å². The average Bonchev–Trinajstić information content (AvgIpc) is 2.07. The third-order valence-corrected chi connectivity index (χ3v) is 2.91. The molecule has 0 unspecified atom stereocenters. The van der Waals surface area contributed by atoms with Crippen molar-refractivity contribution in [3.63, 3.8) is 0 Å². The summed E-state index contributed by atoms with van der Waals surface area (Å²) in [6.07, 6.45) is 0.802. The summed E-state index contributed by atoms with van der Waals surface area (Å²) in [7, 11) is 0. The first kappa shape index (κ1) is 13.5. The zero-order valence-electron chi connectivity index (χ0n) is 6.75. The number of alkyl halides is 5. The summed E-state index contributed by atoms with van der Waals surface area (Å²) in [5, 5.41) is -0.233. The van der Waals surface area contributed by atoms with Gasteiger partial charge in [0.15, 0.2) is 0 Å². The predicted octanol–water partition coefficient (Wildman–Crippen LogP) is 4.85. The van der Waals surface area contributed by atoms with E-state index in [1.165, 1.54) is 0 Å². The molecule has 0 N–H and O–H groups in total. The van der Waals surface area contributed by atoms with Crippen LogP contribution in [0, 0.1) is 0 Å². The van der Waals surface area contributed by atoms with Crippen molar-refractivity contribution in [3.05, 3.63) is 28.0 Å². The highest BCUT2D eigenvalue weighted by atomic mass is 35.6. The van der Waals surface area contributed by atoms with Gasteiger partial charge in [0.2, 0.25) is 0 Å². The van der Waals surface area contributed by atoms with Crippen LogP contribution in [-0.2, 0) is 5.92 Å². The molecule has 0 aliphatic rings. The van der Waals surface area contributed by atoms with Gasteiger partial charge < -0.3 is 0 Å². The molecule has 1 nitrogen and oxygen atoms in total. The van der Waals surface area contributed by atoms with Gasteiger partial charge in [0, 0.05) is 11.8 Å². The molecular formula is C7H2Cl5F2N. The Bertz CT molecular complexity index is 376. The smallest absolute Gasteiger partial charge is 0.242 e. The fraction of sp³-hybridized carbons (Fsp3) is 0.286. The highest BCUT2D eigenvalue weighted by Gasteiger charge is 2.52. The number of rotatable bonds is 1. The lowest BCUT2D eigenvalue weighted by Crippen LogP contribution is -2.30. The Kier molecular flexibility index (Phi) is 3.95. The Balaban J connectivity index is 3.22. The van der Waals surface area contributed by atoms with Gasteiger partial charge >= 0.3 is 5.92 Å². The lowest BCUT2D eigenvalue weighted by Gasteiger charge is -2.23. The Morgan fingerprint density at radius 3 is 2.07 bits per heavy atom. The maximum absolute atomic E-state index is 13.4. The first-order chi connectivity index (χ1) is 6.66. The summed E-state index contributed by atoms with van der Waals surface area (Å²) in [5.41, 5.74) is -0.614. The van der Waals surface area contributed by atoms with Gasteiger partial charge in [0.1, 0.15) is 5.15 Å². The molecule has 84 valence electrons. The lowest BCUT2D eigenvalue weighted by molar-refractivity contribution is -0.000423. The van der Waals surface area contributed by atoms with Crippen LogP contribution in [0.5, 0.6) is 0 Å². The molecule has 0 amide bonds. The molecular weight excluding hydrogens is 313 g/mol. The van der Waals surface area contributed by atoms with Crippen LogP contribution in [-0.4, -0.2) is 8.78 Å².